The Labute approximate surface area is 345 Å². The molecule has 13 heteroatoms. The number of unbranched alkanes of at least 4 members (excludes halogenated alkanes) is 1. The summed E-state index contributed by atoms with van der Waals surface area (Å²) >= 11 is 0. The maximum Gasteiger partial charge on any atom is 0.261 e. The van der Waals surface area contributed by atoms with Crippen LogP contribution in [0.5, 0.6) is 0 Å². The summed E-state index contributed by atoms with van der Waals surface area (Å²) in [6.45, 7) is 6.06. The van der Waals surface area contributed by atoms with E-state index >= 15 is 0 Å². The summed E-state index contributed by atoms with van der Waals surface area (Å²) in [4.78, 5) is 61.3. The van der Waals surface area contributed by atoms with Gasteiger partial charge in [0.05, 0.1) is 35.2 Å². The Balaban J connectivity index is 0.970. The van der Waals surface area contributed by atoms with Crippen LogP contribution in [0.3, 0.4) is 0 Å². The molecule has 8 rings (SSSR count). The molecule has 2 fully saturated rings. The molecule has 2 aromatic carbocycles. The van der Waals surface area contributed by atoms with Gasteiger partial charge in [-0.25, -0.2) is 13.8 Å². The number of imidazole rings is 1. The van der Waals surface area contributed by atoms with Crippen LogP contribution in [0.4, 0.5) is 8.78 Å². The van der Waals surface area contributed by atoms with Gasteiger partial charge in [-0.15, -0.1) is 0 Å². The number of carbonyl (C=O) groups excluding carboxylic acids is 3. The molecule has 312 valence electrons. The molecule has 0 spiro atoms. The first-order valence-corrected chi connectivity index (χ1v) is 21.5. The highest BCUT2D eigenvalue weighted by molar-refractivity contribution is 6.21. The number of carbonyl (C=O) groups is 3. The zero-order valence-electron chi connectivity index (χ0n) is 33.8. The lowest BCUT2D eigenvalue weighted by atomic mass is 9.86. The minimum absolute atomic E-state index is 0.128. The van der Waals surface area contributed by atoms with Crippen LogP contribution in [0.2, 0.25) is 0 Å². The molecule has 2 aromatic heterocycles. The van der Waals surface area contributed by atoms with Crippen LogP contribution in [0, 0.1) is 5.92 Å². The zero-order valence-corrected chi connectivity index (χ0v) is 33.8. The lowest BCUT2D eigenvalue weighted by Gasteiger charge is -2.45. The summed E-state index contributed by atoms with van der Waals surface area (Å²) in [6.07, 6.45) is 10.8. The fraction of sp³-hybridized carbons (Fsp3) is 0.500. The van der Waals surface area contributed by atoms with E-state index in [9.17, 15) is 23.2 Å². The highest BCUT2D eigenvalue weighted by Gasteiger charge is 2.39. The topological polar surface area (TPSA) is 118 Å². The number of benzene rings is 2. The predicted molar refractivity (Wildman–Crippen MR) is 221 cm³/mol. The number of fused-ring (bicyclic) bond motifs is 2. The van der Waals surface area contributed by atoms with Gasteiger partial charge in [0.1, 0.15) is 0 Å². The van der Waals surface area contributed by atoms with E-state index in [-0.39, 0.29) is 61.5 Å². The van der Waals surface area contributed by atoms with Crippen LogP contribution in [0.15, 0.2) is 85.5 Å². The number of piperazine rings is 1. The Morgan fingerprint density at radius 1 is 0.932 bits per heavy atom. The summed E-state index contributed by atoms with van der Waals surface area (Å²) in [5.74, 6) is -3.62. The van der Waals surface area contributed by atoms with E-state index in [1.165, 1.54) is 10.5 Å². The Morgan fingerprint density at radius 3 is 2.44 bits per heavy atom. The summed E-state index contributed by atoms with van der Waals surface area (Å²) in [5.41, 5.74) is 5.50. The van der Waals surface area contributed by atoms with Gasteiger partial charge in [-0.05, 0) is 87.2 Å². The third-order valence-electron chi connectivity index (χ3n) is 13.0. The maximum atomic E-state index is 13.9. The van der Waals surface area contributed by atoms with E-state index in [2.05, 4.69) is 36.1 Å². The third-order valence-corrected chi connectivity index (χ3v) is 13.0. The standard InChI is InChI=1S/C46H56F2N8O3/c47-46(48)20-17-35(18-21-46)43(57)52-40(33-10-2-1-3-11-33)19-25-53-26-27-54(29-36-28-49-32-51-36)37(30-53)31-55(41-16-8-12-34-13-9-22-50-42(34)41)23-6-7-24-56-44(58)38-14-4-5-15-39(38)45(56)59/h1-5,9-11,13-15,22,28,32,35,37,40-41H,6-8,12,16-21,23-27,29-31H2,(H,49,51)(H,52,57)/t37-,40+,41+/m1/s1. The first kappa shape index (κ1) is 40.9. The first-order chi connectivity index (χ1) is 28.7. The largest absolute Gasteiger partial charge is 0.349 e. The zero-order chi connectivity index (χ0) is 40.8. The van der Waals surface area contributed by atoms with E-state index in [0.717, 1.165) is 88.4 Å². The molecule has 2 aliphatic heterocycles. The van der Waals surface area contributed by atoms with E-state index in [0.29, 0.717) is 30.5 Å². The fourth-order valence-electron chi connectivity index (χ4n) is 9.66. The number of alkyl halides is 2. The van der Waals surface area contributed by atoms with Crippen molar-refractivity contribution in [2.75, 3.05) is 45.8 Å². The van der Waals surface area contributed by atoms with Crippen molar-refractivity contribution in [2.24, 2.45) is 5.92 Å². The number of nitrogens with zero attached hydrogens (tertiary/aromatic N) is 6. The van der Waals surface area contributed by atoms with Crippen LogP contribution in [-0.4, -0.2) is 110 Å². The van der Waals surface area contributed by atoms with Gasteiger partial charge in [0.25, 0.3) is 11.8 Å². The molecule has 4 aromatic rings. The second kappa shape index (κ2) is 18.6. The molecule has 4 heterocycles. The number of H-pyrrole nitrogens is 1. The summed E-state index contributed by atoms with van der Waals surface area (Å²) in [5, 5.41) is 3.27. The number of aryl methyl sites for hydroxylation is 1. The van der Waals surface area contributed by atoms with Crippen molar-refractivity contribution in [1.29, 1.82) is 0 Å². The van der Waals surface area contributed by atoms with Crippen LogP contribution >= 0.6 is 0 Å². The van der Waals surface area contributed by atoms with E-state index in [4.69, 9.17) is 4.98 Å². The van der Waals surface area contributed by atoms with Gasteiger partial charge in [-0.3, -0.25) is 34.1 Å². The normalized spacial score (nSPS) is 21.7. The molecule has 0 radical (unpaired) electrons. The Hall–Kier alpha value is -4.85. The lowest BCUT2D eigenvalue weighted by Crippen LogP contribution is -2.57. The number of aromatic amines is 1. The number of imide groups is 1. The Bertz CT molecular complexity index is 2000. The van der Waals surface area contributed by atoms with Crippen molar-refractivity contribution in [2.45, 2.75) is 94.8 Å². The third kappa shape index (κ3) is 9.80. The Kier molecular flexibility index (Phi) is 12.9. The molecular formula is C46H56F2N8O3. The predicted octanol–water partition coefficient (Wildman–Crippen LogP) is 6.82. The number of pyridine rings is 1. The molecule has 4 aliphatic rings. The number of amides is 3. The molecule has 0 bridgehead atoms. The molecule has 2 N–H and O–H groups in total. The molecular weight excluding hydrogens is 751 g/mol. The van der Waals surface area contributed by atoms with Crippen molar-refractivity contribution >= 4 is 17.7 Å². The number of aromatic nitrogens is 3. The summed E-state index contributed by atoms with van der Waals surface area (Å²) in [7, 11) is 0. The minimum atomic E-state index is -2.68. The van der Waals surface area contributed by atoms with Gasteiger partial charge in [0.15, 0.2) is 0 Å². The molecule has 11 nitrogen and oxygen atoms in total. The van der Waals surface area contributed by atoms with Crippen molar-refractivity contribution in [1.82, 2.24) is 39.9 Å². The smallest absolute Gasteiger partial charge is 0.261 e. The molecule has 1 saturated carbocycles. The highest BCUT2D eigenvalue weighted by Crippen LogP contribution is 2.37. The monoisotopic (exact) mass is 806 g/mol. The number of nitrogens with one attached hydrogen (secondary N) is 2. The minimum Gasteiger partial charge on any atom is -0.349 e. The van der Waals surface area contributed by atoms with E-state index in [1.54, 1.807) is 30.6 Å². The van der Waals surface area contributed by atoms with Crippen molar-refractivity contribution in [3.63, 3.8) is 0 Å². The van der Waals surface area contributed by atoms with E-state index in [1.807, 2.05) is 48.8 Å². The van der Waals surface area contributed by atoms with Crippen molar-refractivity contribution in [3.8, 4) is 0 Å². The van der Waals surface area contributed by atoms with Crippen molar-refractivity contribution < 1.29 is 23.2 Å². The molecule has 0 unspecified atom stereocenters. The number of rotatable bonds is 16. The van der Waals surface area contributed by atoms with Crippen LogP contribution in [-0.2, 0) is 17.8 Å². The summed E-state index contributed by atoms with van der Waals surface area (Å²) in [6, 6.07) is 21.4. The molecule has 2 aliphatic carbocycles. The van der Waals surface area contributed by atoms with Gasteiger partial charge in [-0.1, -0.05) is 48.5 Å². The Morgan fingerprint density at radius 2 is 1.69 bits per heavy atom. The molecule has 3 atom stereocenters. The number of hydrogen-bond donors (Lipinski definition) is 2. The van der Waals surface area contributed by atoms with Gasteiger partial charge < -0.3 is 15.2 Å². The van der Waals surface area contributed by atoms with Gasteiger partial charge in [-0.2, -0.15) is 0 Å². The average molecular weight is 807 g/mol. The second-order valence-corrected chi connectivity index (χ2v) is 16.9. The van der Waals surface area contributed by atoms with Crippen LogP contribution in [0.1, 0.15) is 113 Å². The SMILES string of the molecule is O=C(N[C@@H](CCN1CCN(Cc2cnc[nH]2)[C@@H](CN(CCCCN2C(=O)c3ccccc3C2=O)[C@H]2CCCc3cccnc32)C1)c1ccccc1)C1CCC(F)(F)CC1. The second-order valence-electron chi connectivity index (χ2n) is 16.9. The van der Waals surface area contributed by atoms with Crippen molar-refractivity contribution in [3.05, 3.63) is 119 Å². The molecule has 3 amide bonds. The maximum absolute atomic E-state index is 13.9. The number of halogens is 2. The quantitative estimate of drug-likeness (QED) is 0.0937. The fourth-order valence-corrected chi connectivity index (χ4v) is 9.66. The lowest BCUT2D eigenvalue weighted by molar-refractivity contribution is -0.130. The molecule has 59 heavy (non-hydrogen) atoms. The highest BCUT2D eigenvalue weighted by atomic mass is 19.3. The number of hydrogen-bond acceptors (Lipinski definition) is 8. The first-order valence-electron chi connectivity index (χ1n) is 21.5. The summed E-state index contributed by atoms with van der Waals surface area (Å²) < 4.78 is 27.9. The van der Waals surface area contributed by atoms with E-state index < -0.39 is 11.8 Å². The van der Waals surface area contributed by atoms with Crippen LogP contribution < -0.4 is 5.32 Å². The average Bonchev–Trinajstić information content (AvgIpc) is 3.86. The van der Waals surface area contributed by atoms with Crippen LogP contribution in [0.25, 0.3) is 0 Å². The van der Waals surface area contributed by atoms with Gasteiger partial charge in [0, 0.05) is 88.7 Å². The molecule has 1 saturated heterocycles. The van der Waals surface area contributed by atoms with Gasteiger partial charge in [0.2, 0.25) is 11.8 Å². The van der Waals surface area contributed by atoms with Gasteiger partial charge >= 0.3 is 0 Å².